The van der Waals surface area contributed by atoms with Crippen LogP contribution in [0.1, 0.15) is 36.8 Å². The highest BCUT2D eigenvalue weighted by molar-refractivity contribution is 7.10. The fourth-order valence-electron chi connectivity index (χ4n) is 2.15. The van der Waals surface area contributed by atoms with Crippen molar-refractivity contribution in [2.45, 2.75) is 38.9 Å². The molecule has 4 heteroatoms. The first kappa shape index (κ1) is 15.9. The standard InChI is InChI=1S/C17H22O3S/c1-12(2)20-15-9-7-13(11-16(15)19-3)6-8-14(18)17-5-4-10-21-17/h4-5,7,9-12,14,18H,6,8H2,1-3H3. The normalized spacial score (nSPS) is 12.4. The van der Waals surface area contributed by atoms with E-state index in [2.05, 4.69) is 0 Å². The molecule has 1 heterocycles. The fourth-order valence-corrected chi connectivity index (χ4v) is 2.89. The molecule has 3 nitrogen and oxygen atoms in total. The maximum atomic E-state index is 10.1. The van der Waals surface area contributed by atoms with Gasteiger partial charge in [-0.25, -0.2) is 0 Å². The van der Waals surface area contributed by atoms with Crippen LogP contribution < -0.4 is 9.47 Å². The van der Waals surface area contributed by atoms with Gasteiger partial charge >= 0.3 is 0 Å². The van der Waals surface area contributed by atoms with Crippen molar-refractivity contribution in [2.75, 3.05) is 7.11 Å². The van der Waals surface area contributed by atoms with Crippen LogP contribution in [0.5, 0.6) is 11.5 Å². The van der Waals surface area contributed by atoms with Crippen LogP contribution >= 0.6 is 11.3 Å². The zero-order chi connectivity index (χ0) is 15.2. The third-order valence-electron chi connectivity index (χ3n) is 3.17. The molecular formula is C17H22O3S. The summed E-state index contributed by atoms with van der Waals surface area (Å²) < 4.78 is 11.1. The number of aliphatic hydroxyl groups excluding tert-OH is 1. The molecule has 21 heavy (non-hydrogen) atoms. The fraction of sp³-hybridized carbons (Fsp3) is 0.412. The Morgan fingerprint density at radius 3 is 2.62 bits per heavy atom. The van der Waals surface area contributed by atoms with Gasteiger partial charge in [0.25, 0.3) is 0 Å². The van der Waals surface area contributed by atoms with Crippen LogP contribution in [0.4, 0.5) is 0 Å². The first-order chi connectivity index (χ1) is 10.1. The summed E-state index contributed by atoms with van der Waals surface area (Å²) in [7, 11) is 1.65. The summed E-state index contributed by atoms with van der Waals surface area (Å²) >= 11 is 1.59. The monoisotopic (exact) mass is 306 g/mol. The number of hydrogen-bond donors (Lipinski definition) is 1. The number of thiophene rings is 1. The molecule has 1 N–H and O–H groups in total. The third-order valence-corrected chi connectivity index (χ3v) is 4.14. The van der Waals surface area contributed by atoms with Crippen molar-refractivity contribution in [1.29, 1.82) is 0 Å². The van der Waals surface area contributed by atoms with Gasteiger partial charge in [0, 0.05) is 4.88 Å². The van der Waals surface area contributed by atoms with Crippen molar-refractivity contribution in [3.8, 4) is 11.5 Å². The maximum Gasteiger partial charge on any atom is 0.161 e. The molecule has 0 saturated carbocycles. The van der Waals surface area contributed by atoms with Gasteiger partial charge in [0.2, 0.25) is 0 Å². The van der Waals surface area contributed by atoms with Gasteiger partial charge in [-0.05, 0) is 55.8 Å². The lowest BCUT2D eigenvalue weighted by atomic mass is 10.1. The Morgan fingerprint density at radius 1 is 1.19 bits per heavy atom. The molecule has 1 atom stereocenters. The van der Waals surface area contributed by atoms with Crippen molar-refractivity contribution in [3.63, 3.8) is 0 Å². The van der Waals surface area contributed by atoms with Crippen LogP contribution in [-0.4, -0.2) is 18.3 Å². The van der Waals surface area contributed by atoms with E-state index in [-0.39, 0.29) is 6.10 Å². The lowest BCUT2D eigenvalue weighted by Gasteiger charge is -2.15. The number of hydrogen-bond acceptors (Lipinski definition) is 4. The van der Waals surface area contributed by atoms with Gasteiger partial charge in [-0.15, -0.1) is 11.3 Å². The minimum atomic E-state index is -0.400. The van der Waals surface area contributed by atoms with Crippen LogP contribution in [0.25, 0.3) is 0 Å². The van der Waals surface area contributed by atoms with Gasteiger partial charge in [0.15, 0.2) is 11.5 Å². The number of rotatable bonds is 7. The largest absolute Gasteiger partial charge is 0.493 e. The smallest absolute Gasteiger partial charge is 0.161 e. The maximum absolute atomic E-state index is 10.1. The zero-order valence-electron chi connectivity index (χ0n) is 12.7. The lowest BCUT2D eigenvalue weighted by Crippen LogP contribution is -2.07. The van der Waals surface area contributed by atoms with Crippen LogP contribution in [0.3, 0.4) is 0 Å². The summed E-state index contributed by atoms with van der Waals surface area (Å²) in [5, 5.41) is 12.1. The number of ether oxygens (including phenoxy) is 2. The van der Waals surface area contributed by atoms with Gasteiger partial charge in [0.1, 0.15) is 0 Å². The number of aryl methyl sites for hydroxylation is 1. The van der Waals surface area contributed by atoms with Crippen molar-refractivity contribution in [2.24, 2.45) is 0 Å². The summed E-state index contributed by atoms with van der Waals surface area (Å²) in [6.07, 6.45) is 1.22. The van der Waals surface area contributed by atoms with E-state index >= 15 is 0 Å². The van der Waals surface area contributed by atoms with Crippen molar-refractivity contribution in [3.05, 3.63) is 46.2 Å². The van der Waals surface area contributed by atoms with Gasteiger partial charge < -0.3 is 14.6 Å². The second-order valence-corrected chi connectivity index (χ2v) is 6.20. The molecule has 114 valence electrons. The van der Waals surface area contributed by atoms with E-state index in [9.17, 15) is 5.11 Å². The Hall–Kier alpha value is -1.52. The van der Waals surface area contributed by atoms with Crippen molar-refractivity contribution < 1.29 is 14.6 Å². The molecule has 0 aliphatic rings. The van der Waals surface area contributed by atoms with E-state index in [0.717, 1.165) is 28.4 Å². The first-order valence-electron chi connectivity index (χ1n) is 7.15. The van der Waals surface area contributed by atoms with E-state index in [1.54, 1.807) is 18.4 Å². The minimum absolute atomic E-state index is 0.116. The molecule has 0 aliphatic heterocycles. The molecule has 1 unspecified atom stereocenters. The molecule has 0 fully saturated rings. The average molecular weight is 306 g/mol. The third kappa shape index (κ3) is 4.48. The SMILES string of the molecule is COc1cc(CCC(O)c2cccs2)ccc1OC(C)C. The summed E-state index contributed by atoms with van der Waals surface area (Å²) in [4.78, 5) is 1.02. The lowest BCUT2D eigenvalue weighted by molar-refractivity contribution is 0.171. The molecule has 0 amide bonds. The molecule has 0 radical (unpaired) electrons. The number of aliphatic hydroxyl groups is 1. The van der Waals surface area contributed by atoms with E-state index in [1.165, 1.54) is 0 Å². The van der Waals surface area contributed by atoms with E-state index in [1.807, 2.05) is 49.6 Å². The van der Waals surface area contributed by atoms with Crippen LogP contribution in [0, 0.1) is 0 Å². The zero-order valence-corrected chi connectivity index (χ0v) is 13.5. The molecule has 0 bridgehead atoms. The van der Waals surface area contributed by atoms with E-state index in [0.29, 0.717) is 6.42 Å². The van der Waals surface area contributed by atoms with Gasteiger partial charge in [0.05, 0.1) is 19.3 Å². The van der Waals surface area contributed by atoms with Gasteiger partial charge in [-0.2, -0.15) is 0 Å². The first-order valence-corrected chi connectivity index (χ1v) is 8.03. The Labute approximate surface area is 130 Å². The van der Waals surface area contributed by atoms with Crippen molar-refractivity contribution in [1.82, 2.24) is 0 Å². The average Bonchev–Trinajstić information content (AvgIpc) is 2.99. The molecule has 0 aliphatic carbocycles. The summed E-state index contributed by atoms with van der Waals surface area (Å²) in [6, 6.07) is 9.88. The van der Waals surface area contributed by atoms with Crippen molar-refractivity contribution >= 4 is 11.3 Å². The van der Waals surface area contributed by atoms with Crippen LogP contribution in [0.15, 0.2) is 35.7 Å². The predicted octanol–water partition coefficient (Wildman–Crippen LogP) is 4.21. The Bertz CT molecular complexity index is 549. The second kappa shape index (κ2) is 7.48. The Kier molecular flexibility index (Phi) is 5.65. The molecule has 2 aromatic rings. The molecule has 1 aromatic heterocycles. The van der Waals surface area contributed by atoms with Crippen LogP contribution in [0.2, 0.25) is 0 Å². The summed E-state index contributed by atoms with van der Waals surface area (Å²) in [5.41, 5.74) is 1.14. The summed E-state index contributed by atoms with van der Waals surface area (Å²) in [5.74, 6) is 1.50. The predicted molar refractivity (Wildman–Crippen MR) is 86.4 cm³/mol. The van der Waals surface area contributed by atoms with Crippen LogP contribution in [-0.2, 0) is 6.42 Å². The Morgan fingerprint density at radius 2 is 2.00 bits per heavy atom. The number of benzene rings is 1. The Balaban J connectivity index is 2.00. The quantitative estimate of drug-likeness (QED) is 0.833. The molecule has 2 rings (SSSR count). The molecular weight excluding hydrogens is 284 g/mol. The van der Waals surface area contributed by atoms with E-state index in [4.69, 9.17) is 9.47 Å². The highest BCUT2D eigenvalue weighted by Crippen LogP contribution is 2.30. The highest BCUT2D eigenvalue weighted by atomic mass is 32.1. The highest BCUT2D eigenvalue weighted by Gasteiger charge is 2.11. The van der Waals surface area contributed by atoms with Gasteiger partial charge in [-0.1, -0.05) is 12.1 Å². The number of methoxy groups -OCH3 is 1. The topological polar surface area (TPSA) is 38.7 Å². The molecule has 0 spiro atoms. The minimum Gasteiger partial charge on any atom is -0.493 e. The van der Waals surface area contributed by atoms with Gasteiger partial charge in [-0.3, -0.25) is 0 Å². The summed E-state index contributed by atoms with van der Waals surface area (Å²) in [6.45, 7) is 3.98. The molecule has 0 saturated heterocycles. The second-order valence-electron chi connectivity index (χ2n) is 5.22. The van der Waals surface area contributed by atoms with E-state index < -0.39 is 6.10 Å². The molecule has 1 aromatic carbocycles.